The second-order valence-electron chi connectivity index (χ2n) is 7.51. The minimum absolute atomic E-state index is 0.0210. The van der Waals surface area contributed by atoms with Crippen LogP contribution in [0.15, 0.2) is 47.4 Å². The van der Waals surface area contributed by atoms with Crippen LogP contribution in [0.2, 0.25) is 0 Å². The van der Waals surface area contributed by atoms with Gasteiger partial charge >= 0.3 is 0 Å². The minimum atomic E-state index is -3.79. The Morgan fingerprint density at radius 2 is 1.87 bits per heavy atom. The fourth-order valence-electron chi connectivity index (χ4n) is 3.65. The van der Waals surface area contributed by atoms with Gasteiger partial charge in [0.2, 0.25) is 15.9 Å². The fraction of sp³-hybridized carbons (Fsp3) is 0.286. The Kier molecular flexibility index (Phi) is 5.84. The maximum atomic E-state index is 14.6. The Bertz CT molecular complexity index is 1220. The summed E-state index contributed by atoms with van der Waals surface area (Å²) < 4.78 is 39.2. The van der Waals surface area contributed by atoms with E-state index in [1.165, 1.54) is 36.4 Å². The van der Waals surface area contributed by atoms with Gasteiger partial charge in [-0.05, 0) is 48.7 Å². The van der Waals surface area contributed by atoms with Crippen LogP contribution in [0.1, 0.15) is 30.7 Å². The normalized spacial score (nSPS) is 14.0. The zero-order valence-corrected chi connectivity index (χ0v) is 17.5. The van der Waals surface area contributed by atoms with Gasteiger partial charge < -0.3 is 9.88 Å². The summed E-state index contributed by atoms with van der Waals surface area (Å²) in [7, 11) is -3.79. The van der Waals surface area contributed by atoms with E-state index in [0.717, 1.165) is 38.1 Å². The van der Waals surface area contributed by atoms with E-state index < -0.39 is 15.8 Å². The molecule has 2 heterocycles. The van der Waals surface area contributed by atoms with Crippen LogP contribution in [0.3, 0.4) is 0 Å². The molecule has 8 nitrogen and oxygen atoms in total. The molecule has 0 unspecified atom stereocenters. The topological polar surface area (TPSA) is 120 Å². The van der Waals surface area contributed by atoms with Crippen molar-refractivity contribution in [1.29, 1.82) is 0 Å². The summed E-state index contributed by atoms with van der Waals surface area (Å²) in [6.45, 7) is 0.738. The standard InChI is InChI=1S/C21H22FN5O3S/c22-18-10-7-15(13-17(18)21-26-25-19-4-2-1-3-11-27(19)21)24-20(28)12-14-5-8-16(9-6-14)31(23,29)30/h5-10,13H,1-4,11-12H2,(H,24,28)(H2,23,29,30). The summed E-state index contributed by atoms with van der Waals surface area (Å²) in [4.78, 5) is 12.4. The third-order valence-electron chi connectivity index (χ3n) is 5.22. The van der Waals surface area contributed by atoms with Gasteiger partial charge in [0.25, 0.3) is 0 Å². The molecule has 1 aliphatic rings. The number of anilines is 1. The number of hydrogen-bond donors (Lipinski definition) is 2. The SMILES string of the molecule is NS(=O)(=O)c1ccc(CC(=O)Nc2ccc(F)c(-c3nnc4n3CCCCC4)c2)cc1. The molecule has 0 fully saturated rings. The highest BCUT2D eigenvalue weighted by Crippen LogP contribution is 2.27. The highest BCUT2D eigenvalue weighted by Gasteiger charge is 2.19. The molecule has 1 aromatic heterocycles. The van der Waals surface area contributed by atoms with E-state index in [0.29, 0.717) is 17.1 Å². The second-order valence-corrected chi connectivity index (χ2v) is 9.07. The summed E-state index contributed by atoms with van der Waals surface area (Å²) in [5.74, 6) is 0.561. The summed E-state index contributed by atoms with van der Waals surface area (Å²) in [6, 6.07) is 10.1. The maximum absolute atomic E-state index is 14.6. The van der Waals surface area contributed by atoms with E-state index >= 15 is 0 Å². The van der Waals surface area contributed by atoms with Crippen molar-refractivity contribution in [1.82, 2.24) is 14.8 Å². The molecule has 0 spiro atoms. The lowest BCUT2D eigenvalue weighted by Gasteiger charge is -2.11. The molecule has 0 saturated heterocycles. The zero-order valence-electron chi connectivity index (χ0n) is 16.7. The predicted octanol–water partition coefficient (Wildman–Crippen LogP) is 2.64. The van der Waals surface area contributed by atoms with Crippen LogP contribution in [-0.2, 0) is 34.2 Å². The summed E-state index contributed by atoms with van der Waals surface area (Å²) in [6.07, 6.45) is 3.96. The van der Waals surface area contributed by atoms with Crippen LogP contribution in [0.25, 0.3) is 11.4 Å². The molecule has 31 heavy (non-hydrogen) atoms. The van der Waals surface area contributed by atoms with Crippen LogP contribution in [0, 0.1) is 5.82 Å². The first kappa shape index (κ1) is 21.1. The molecule has 0 atom stereocenters. The van der Waals surface area contributed by atoms with Gasteiger partial charge in [-0.1, -0.05) is 18.6 Å². The first-order valence-electron chi connectivity index (χ1n) is 9.95. The number of benzene rings is 2. The number of hydrogen-bond acceptors (Lipinski definition) is 5. The number of carbonyl (C=O) groups is 1. The van der Waals surface area contributed by atoms with Crippen molar-refractivity contribution >= 4 is 21.6 Å². The van der Waals surface area contributed by atoms with E-state index in [-0.39, 0.29) is 22.8 Å². The maximum Gasteiger partial charge on any atom is 0.238 e. The van der Waals surface area contributed by atoms with Crippen LogP contribution < -0.4 is 10.5 Å². The van der Waals surface area contributed by atoms with E-state index in [1.54, 1.807) is 6.07 Å². The van der Waals surface area contributed by atoms with E-state index in [2.05, 4.69) is 15.5 Å². The van der Waals surface area contributed by atoms with Gasteiger partial charge in [0.1, 0.15) is 11.6 Å². The van der Waals surface area contributed by atoms with E-state index in [4.69, 9.17) is 5.14 Å². The Labute approximate surface area is 179 Å². The molecule has 4 rings (SSSR count). The van der Waals surface area contributed by atoms with Gasteiger partial charge in [-0.2, -0.15) is 0 Å². The van der Waals surface area contributed by atoms with Gasteiger partial charge in [0.05, 0.1) is 16.9 Å². The number of carbonyl (C=O) groups excluding carboxylic acids is 1. The van der Waals surface area contributed by atoms with Crippen molar-refractivity contribution < 1.29 is 17.6 Å². The summed E-state index contributed by atoms with van der Waals surface area (Å²) >= 11 is 0. The van der Waals surface area contributed by atoms with Crippen molar-refractivity contribution in [2.45, 2.75) is 43.5 Å². The molecule has 10 heteroatoms. The number of amides is 1. The van der Waals surface area contributed by atoms with Gasteiger partial charge in [0, 0.05) is 18.7 Å². The Hall–Kier alpha value is -3.11. The van der Waals surface area contributed by atoms with Crippen molar-refractivity contribution in [2.75, 3.05) is 5.32 Å². The number of primary sulfonamides is 1. The molecular weight excluding hydrogens is 421 g/mol. The molecule has 0 bridgehead atoms. The molecule has 1 aliphatic heterocycles. The first-order valence-corrected chi connectivity index (χ1v) is 11.5. The fourth-order valence-corrected chi connectivity index (χ4v) is 4.16. The van der Waals surface area contributed by atoms with Crippen molar-refractivity contribution in [3.8, 4) is 11.4 Å². The lowest BCUT2D eigenvalue weighted by molar-refractivity contribution is -0.115. The number of nitrogens with two attached hydrogens (primary N) is 1. The molecule has 0 radical (unpaired) electrons. The first-order chi connectivity index (χ1) is 14.8. The third-order valence-corrected chi connectivity index (χ3v) is 6.15. The molecule has 0 aliphatic carbocycles. The van der Waals surface area contributed by atoms with Crippen molar-refractivity contribution in [3.63, 3.8) is 0 Å². The van der Waals surface area contributed by atoms with Crippen LogP contribution >= 0.6 is 0 Å². The lowest BCUT2D eigenvalue weighted by Crippen LogP contribution is -2.15. The zero-order chi connectivity index (χ0) is 22.0. The molecule has 3 aromatic rings. The predicted molar refractivity (Wildman–Crippen MR) is 113 cm³/mol. The molecule has 0 saturated carbocycles. The minimum Gasteiger partial charge on any atom is -0.326 e. The van der Waals surface area contributed by atoms with Crippen molar-refractivity contribution in [3.05, 3.63) is 59.7 Å². The van der Waals surface area contributed by atoms with Crippen LogP contribution in [0.4, 0.5) is 10.1 Å². The smallest absolute Gasteiger partial charge is 0.238 e. The van der Waals surface area contributed by atoms with Crippen LogP contribution in [0.5, 0.6) is 0 Å². The molecule has 2 aromatic carbocycles. The number of nitrogens with one attached hydrogen (secondary N) is 1. The largest absolute Gasteiger partial charge is 0.326 e. The number of rotatable bonds is 5. The number of aryl methyl sites for hydroxylation is 1. The quantitative estimate of drug-likeness (QED) is 0.628. The molecule has 1 amide bonds. The number of fused-ring (bicyclic) bond motifs is 1. The number of sulfonamides is 1. The summed E-state index contributed by atoms with van der Waals surface area (Å²) in [5.41, 5.74) is 1.35. The highest BCUT2D eigenvalue weighted by atomic mass is 32.2. The summed E-state index contributed by atoms with van der Waals surface area (Å²) in [5, 5.41) is 16.2. The molecule has 3 N–H and O–H groups in total. The van der Waals surface area contributed by atoms with Crippen LogP contribution in [-0.4, -0.2) is 29.1 Å². The number of aromatic nitrogens is 3. The van der Waals surface area contributed by atoms with E-state index in [9.17, 15) is 17.6 Å². The second kappa shape index (κ2) is 8.56. The Morgan fingerprint density at radius 1 is 1.10 bits per heavy atom. The van der Waals surface area contributed by atoms with Gasteiger partial charge in [-0.3, -0.25) is 4.79 Å². The third kappa shape index (κ3) is 4.80. The molecule has 162 valence electrons. The highest BCUT2D eigenvalue weighted by molar-refractivity contribution is 7.89. The van der Waals surface area contributed by atoms with Gasteiger partial charge in [0.15, 0.2) is 5.82 Å². The van der Waals surface area contributed by atoms with Crippen molar-refractivity contribution in [2.24, 2.45) is 5.14 Å². The Morgan fingerprint density at radius 3 is 2.61 bits per heavy atom. The number of nitrogens with zero attached hydrogens (tertiary/aromatic N) is 3. The average Bonchev–Trinajstić information content (AvgIpc) is 2.96. The molecular formula is C21H22FN5O3S. The monoisotopic (exact) mass is 443 g/mol. The number of halogens is 1. The lowest BCUT2D eigenvalue weighted by atomic mass is 10.1. The van der Waals surface area contributed by atoms with Gasteiger partial charge in [-0.15, -0.1) is 10.2 Å². The average molecular weight is 444 g/mol. The van der Waals surface area contributed by atoms with E-state index in [1.807, 2.05) is 4.57 Å². The van der Waals surface area contributed by atoms with Gasteiger partial charge in [-0.25, -0.2) is 17.9 Å². The Balaban J connectivity index is 1.51.